The average Bonchev–Trinajstić information content (AvgIpc) is 3.29. The first-order chi connectivity index (χ1) is 11.6. The van der Waals surface area contributed by atoms with E-state index in [1.54, 1.807) is 27.9 Å². The third-order valence-corrected chi connectivity index (χ3v) is 4.67. The maximum Gasteiger partial charge on any atom is 0.257 e. The van der Waals surface area contributed by atoms with E-state index in [-0.39, 0.29) is 18.4 Å². The van der Waals surface area contributed by atoms with Crippen LogP contribution in [0.3, 0.4) is 0 Å². The second-order valence-electron chi connectivity index (χ2n) is 6.20. The maximum atomic E-state index is 12.6. The molecule has 1 aliphatic carbocycles. The minimum atomic E-state index is -0.160. The normalized spacial score (nSPS) is 18.1. The van der Waals surface area contributed by atoms with Gasteiger partial charge in [0.1, 0.15) is 6.54 Å². The topological polar surface area (TPSA) is 58.4 Å². The molecule has 0 spiro atoms. The number of aromatic nitrogens is 2. The molecule has 1 saturated heterocycles. The van der Waals surface area contributed by atoms with Crippen LogP contribution in [-0.2, 0) is 4.79 Å². The monoisotopic (exact) mass is 344 g/mol. The van der Waals surface area contributed by atoms with Crippen LogP contribution >= 0.6 is 11.6 Å². The van der Waals surface area contributed by atoms with Gasteiger partial charge in [-0.2, -0.15) is 5.10 Å². The van der Waals surface area contributed by atoms with Crippen LogP contribution in [0.2, 0.25) is 5.02 Å². The fraction of sp³-hybridized carbons (Fsp3) is 0.353. The predicted octanol–water partition coefficient (Wildman–Crippen LogP) is 1.97. The number of hydrogen-bond acceptors (Lipinski definition) is 3. The number of nitrogens with zero attached hydrogens (tertiary/aromatic N) is 4. The molecular formula is C17H17ClN4O2. The Kier molecular flexibility index (Phi) is 3.76. The summed E-state index contributed by atoms with van der Waals surface area (Å²) in [7, 11) is 0. The van der Waals surface area contributed by atoms with Crippen LogP contribution < -0.4 is 0 Å². The Balaban J connectivity index is 1.48. The molecule has 1 aromatic heterocycles. The van der Waals surface area contributed by atoms with Crippen LogP contribution in [0.15, 0.2) is 36.7 Å². The fourth-order valence-electron chi connectivity index (χ4n) is 3.01. The van der Waals surface area contributed by atoms with E-state index in [0.717, 1.165) is 18.5 Å². The van der Waals surface area contributed by atoms with E-state index >= 15 is 0 Å². The Morgan fingerprint density at radius 3 is 2.79 bits per heavy atom. The number of hydrogen-bond donors (Lipinski definition) is 0. The first-order valence-corrected chi connectivity index (χ1v) is 8.39. The molecule has 2 fully saturated rings. The lowest BCUT2D eigenvalue weighted by Gasteiger charge is -2.34. The van der Waals surface area contributed by atoms with Crippen molar-refractivity contribution >= 4 is 23.4 Å². The highest BCUT2D eigenvalue weighted by Crippen LogP contribution is 2.28. The maximum absolute atomic E-state index is 12.6. The zero-order valence-electron chi connectivity index (χ0n) is 13.1. The molecule has 4 rings (SSSR count). The second kappa shape index (κ2) is 5.94. The number of amides is 2. The van der Waals surface area contributed by atoms with E-state index < -0.39 is 0 Å². The zero-order chi connectivity index (χ0) is 16.7. The van der Waals surface area contributed by atoms with Gasteiger partial charge >= 0.3 is 0 Å². The van der Waals surface area contributed by atoms with Gasteiger partial charge in [-0.3, -0.25) is 9.59 Å². The third kappa shape index (κ3) is 2.89. The van der Waals surface area contributed by atoms with Crippen LogP contribution in [0.4, 0.5) is 0 Å². The van der Waals surface area contributed by atoms with E-state index in [1.807, 2.05) is 17.0 Å². The van der Waals surface area contributed by atoms with Crippen molar-refractivity contribution in [3.05, 3.63) is 47.2 Å². The molecule has 0 atom stereocenters. The summed E-state index contributed by atoms with van der Waals surface area (Å²) >= 11 is 5.99. The highest BCUT2D eigenvalue weighted by molar-refractivity contribution is 6.30. The molecule has 2 aromatic rings. The molecule has 1 aromatic carbocycles. The van der Waals surface area contributed by atoms with E-state index in [9.17, 15) is 9.59 Å². The molecule has 0 radical (unpaired) electrons. The number of piperazine rings is 1. The Labute approximate surface area is 144 Å². The van der Waals surface area contributed by atoms with Gasteiger partial charge in [-0.1, -0.05) is 17.7 Å². The summed E-state index contributed by atoms with van der Waals surface area (Å²) in [6, 6.07) is 7.66. The molecule has 0 bridgehead atoms. The molecule has 2 aliphatic rings. The lowest BCUT2D eigenvalue weighted by Crippen LogP contribution is -2.52. The highest BCUT2D eigenvalue weighted by Gasteiger charge is 2.37. The van der Waals surface area contributed by atoms with Crippen molar-refractivity contribution in [1.29, 1.82) is 0 Å². The minimum Gasteiger partial charge on any atom is -0.336 e. The molecule has 0 N–H and O–H groups in total. The van der Waals surface area contributed by atoms with Gasteiger partial charge < -0.3 is 9.80 Å². The molecule has 1 saturated carbocycles. The molecule has 1 aliphatic heterocycles. The van der Waals surface area contributed by atoms with Crippen LogP contribution in [-0.4, -0.2) is 57.1 Å². The number of rotatable bonds is 3. The van der Waals surface area contributed by atoms with Crippen molar-refractivity contribution in [1.82, 2.24) is 19.6 Å². The summed E-state index contributed by atoms with van der Waals surface area (Å²) in [5, 5.41) is 4.84. The van der Waals surface area contributed by atoms with Crippen molar-refractivity contribution in [3.63, 3.8) is 0 Å². The van der Waals surface area contributed by atoms with Gasteiger partial charge in [0.25, 0.3) is 5.91 Å². The molecule has 7 heteroatoms. The number of benzene rings is 1. The summed E-state index contributed by atoms with van der Waals surface area (Å²) in [6.45, 7) is 1.35. The number of halogens is 1. The van der Waals surface area contributed by atoms with Crippen molar-refractivity contribution in [2.45, 2.75) is 18.9 Å². The van der Waals surface area contributed by atoms with Crippen molar-refractivity contribution in [2.75, 3.05) is 19.6 Å². The lowest BCUT2D eigenvalue weighted by molar-refractivity contribution is -0.135. The Hall–Kier alpha value is -2.34. The fourth-order valence-corrected chi connectivity index (χ4v) is 3.19. The van der Waals surface area contributed by atoms with E-state index in [2.05, 4.69) is 5.10 Å². The van der Waals surface area contributed by atoms with Crippen molar-refractivity contribution in [3.8, 4) is 5.69 Å². The second-order valence-corrected chi connectivity index (χ2v) is 6.63. The van der Waals surface area contributed by atoms with Gasteiger partial charge in [0, 0.05) is 30.4 Å². The smallest absolute Gasteiger partial charge is 0.257 e. The van der Waals surface area contributed by atoms with Gasteiger partial charge in [-0.05, 0) is 31.0 Å². The van der Waals surface area contributed by atoms with E-state index in [0.29, 0.717) is 29.7 Å². The first kappa shape index (κ1) is 15.2. The van der Waals surface area contributed by atoms with Gasteiger partial charge in [-0.15, -0.1) is 0 Å². The van der Waals surface area contributed by atoms with Gasteiger partial charge in [0.05, 0.1) is 17.4 Å². The third-order valence-electron chi connectivity index (χ3n) is 4.43. The summed E-state index contributed by atoms with van der Waals surface area (Å²) in [5.74, 6) is -0.119. The zero-order valence-corrected chi connectivity index (χ0v) is 13.8. The first-order valence-electron chi connectivity index (χ1n) is 8.01. The Morgan fingerprint density at radius 2 is 2.08 bits per heavy atom. The van der Waals surface area contributed by atoms with Crippen LogP contribution in [0.25, 0.3) is 5.69 Å². The molecular weight excluding hydrogens is 328 g/mol. The Bertz CT molecular complexity index is 799. The van der Waals surface area contributed by atoms with Gasteiger partial charge in [0.2, 0.25) is 5.91 Å². The molecule has 6 nitrogen and oxygen atoms in total. The summed E-state index contributed by atoms with van der Waals surface area (Å²) in [6.07, 6.45) is 5.38. The molecule has 24 heavy (non-hydrogen) atoms. The van der Waals surface area contributed by atoms with Gasteiger partial charge in [-0.25, -0.2) is 4.68 Å². The lowest BCUT2D eigenvalue weighted by atomic mass is 10.2. The molecule has 124 valence electrons. The summed E-state index contributed by atoms with van der Waals surface area (Å²) in [4.78, 5) is 28.3. The van der Waals surface area contributed by atoms with E-state index in [4.69, 9.17) is 11.6 Å². The highest BCUT2D eigenvalue weighted by atomic mass is 35.5. The quantitative estimate of drug-likeness (QED) is 0.855. The number of carbonyl (C=O) groups is 2. The summed E-state index contributed by atoms with van der Waals surface area (Å²) < 4.78 is 1.61. The summed E-state index contributed by atoms with van der Waals surface area (Å²) in [5.41, 5.74) is 1.26. The SMILES string of the molecule is O=C(c1cnn(-c2cccc(Cl)c2)c1)N1CCN(C2CC2)C(=O)C1. The average molecular weight is 345 g/mol. The predicted molar refractivity (Wildman–Crippen MR) is 89.2 cm³/mol. The van der Waals surface area contributed by atoms with Crippen molar-refractivity contribution < 1.29 is 9.59 Å². The van der Waals surface area contributed by atoms with Gasteiger partial charge in [0.15, 0.2) is 0 Å². The standard InChI is InChI=1S/C17H17ClN4O2/c18-13-2-1-3-15(8-13)22-10-12(9-19-22)17(24)20-6-7-21(14-4-5-14)16(23)11-20/h1-3,8-10,14H,4-7,11H2. The Morgan fingerprint density at radius 1 is 1.25 bits per heavy atom. The minimum absolute atomic E-state index is 0.0410. The molecule has 2 heterocycles. The van der Waals surface area contributed by atoms with Crippen molar-refractivity contribution in [2.24, 2.45) is 0 Å². The van der Waals surface area contributed by atoms with E-state index in [1.165, 1.54) is 6.20 Å². The molecule has 0 unspecified atom stereocenters. The largest absolute Gasteiger partial charge is 0.336 e. The number of carbonyl (C=O) groups excluding carboxylic acids is 2. The van der Waals surface area contributed by atoms with Crippen LogP contribution in [0, 0.1) is 0 Å². The van der Waals surface area contributed by atoms with Crippen LogP contribution in [0.1, 0.15) is 23.2 Å². The van der Waals surface area contributed by atoms with Crippen LogP contribution in [0.5, 0.6) is 0 Å². The molecule has 2 amide bonds.